The van der Waals surface area contributed by atoms with Crippen molar-refractivity contribution in [2.24, 2.45) is 7.05 Å². The Morgan fingerprint density at radius 2 is 2.11 bits per heavy atom. The average Bonchev–Trinajstić information content (AvgIpc) is 2.63. The lowest BCUT2D eigenvalue weighted by molar-refractivity contribution is 0.196. The molecule has 0 bridgehead atoms. The minimum absolute atomic E-state index is 0.357. The molecule has 0 saturated heterocycles. The Kier molecular flexibility index (Phi) is 3.68. The number of aliphatic hydroxyl groups excluding tert-OH is 1. The van der Waals surface area contributed by atoms with E-state index in [1.807, 2.05) is 18.5 Å². The van der Waals surface area contributed by atoms with Crippen molar-refractivity contribution in [3.05, 3.63) is 35.4 Å². The maximum Gasteiger partial charge on any atom is 0.195 e. The highest BCUT2D eigenvalue weighted by atomic mass is 32.2. The quantitative estimate of drug-likeness (QED) is 0.928. The molecule has 1 N–H and O–H groups in total. The minimum Gasteiger partial charge on any atom is -0.389 e. The Bertz CT molecular complexity index is 568. The van der Waals surface area contributed by atoms with E-state index in [0.717, 1.165) is 10.7 Å². The molecule has 18 heavy (non-hydrogen) atoms. The number of hydrogen-bond acceptors (Lipinski definition) is 4. The van der Waals surface area contributed by atoms with Crippen molar-refractivity contribution in [1.29, 1.82) is 0 Å². The number of halogens is 1. The summed E-state index contributed by atoms with van der Waals surface area (Å²) in [6.45, 7) is 3.47. The Labute approximate surface area is 109 Å². The van der Waals surface area contributed by atoms with Crippen molar-refractivity contribution in [2.45, 2.75) is 30.0 Å². The second-order valence-electron chi connectivity index (χ2n) is 4.05. The largest absolute Gasteiger partial charge is 0.389 e. The van der Waals surface area contributed by atoms with Gasteiger partial charge in [0.25, 0.3) is 0 Å². The highest BCUT2D eigenvalue weighted by molar-refractivity contribution is 7.99. The highest BCUT2D eigenvalue weighted by Crippen LogP contribution is 2.32. The Balaban J connectivity index is 2.37. The van der Waals surface area contributed by atoms with Crippen molar-refractivity contribution in [1.82, 2.24) is 14.8 Å². The van der Waals surface area contributed by atoms with Gasteiger partial charge in [0.05, 0.1) is 6.10 Å². The first kappa shape index (κ1) is 13.0. The van der Waals surface area contributed by atoms with E-state index >= 15 is 0 Å². The first-order valence-corrected chi connectivity index (χ1v) is 6.32. The van der Waals surface area contributed by atoms with Crippen molar-refractivity contribution in [2.75, 3.05) is 0 Å². The van der Waals surface area contributed by atoms with Gasteiger partial charge in [0.2, 0.25) is 0 Å². The van der Waals surface area contributed by atoms with Crippen LogP contribution in [0.1, 0.15) is 24.4 Å². The van der Waals surface area contributed by atoms with Crippen LogP contribution >= 0.6 is 11.8 Å². The summed E-state index contributed by atoms with van der Waals surface area (Å²) in [4.78, 5) is 0.780. The molecule has 6 heteroatoms. The molecule has 1 atom stereocenters. The van der Waals surface area contributed by atoms with Crippen LogP contribution in [0.25, 0.3) is 0 Å². The first-order valence-electron chi connectivity index (χ1n) is 5.50. The molecule has 0 aliphatic rings. The van der Waals surface area contributed by atoms with Crippen molar-refractivity contribution >= 4 is 11.8 Å². The minimum atomic E-state index is -0.725. The number of benzene rings is 1. The fraction of sp³-hybridized carbons (Fsp3) is 0.333. The van der Waals surface area contributed by atoms with E-state index in [2.05, 4.69) is 10.2 Å². The summed E-state index contributed by atoms with van der Waals surface area (Å²) >= 11 is 1.36. The van der Waals surface area contributed by atoms with E-state index in [1.165, 1.54) is 23.9 Å². The van der Waals surface area contributed by atoms with Gasteiger partial charge in [0, 0.05) is 11.9 Å². The fourth-order valence-electron chi connectivity index (χ4n) is 1.51. The zero-order chi connectivity index (χ0) is 13.3. The number of aromatic nitrogens is 3. The second kappa shape index (κ2) is 5.07. The van der Waals surface area contributed by atoms with Gasteiger partial charge in [-0.05, 0) is 49.4 Å². The van der Waals surface area contributed by atoms with Crippen LogP contribution < -0.4 is 0 Å². The summed E-state index contributed by atoms with van der Waals surface area (Å²) in [6, 6.07) is 4.36. The predicted octanol–water partition coefficient (Wildman–Crippen LogP) is 2.47. The summed E-state index contributed by atoms with van der Waals surface area (Å²) in [5, 5.41) is 18.4. The zero-order valence-electron chi connectivity index (χ0n) is 10.4. The van der Waals surface area contributed by atoms with Gasteiger partial charge in [-0.3, -0.25) is 0 Å². The van der Waals surface area contributed by atoms with Crippen LogP contribution in [0.3, 0.4) is 0 Å². The topological polar surface area (TPSA) is 50.9 Å². The van der Waals surface area contributed by atoms with Gasteiger partial charge >= 0.3 is 0 Å². The molecule has 2 aromatic rings. The van der Waals surface area contributed by atoms with Gasteiger partial charge in [-0.1, -0.05) is 0 Å². The van der Waals surface area contributed by atoms with E-state index in [9.17, 15) is 9.50 Å². The van der Waals surface area contributed by atoms with Crippen LogP contribution in [0.2, 0.25) is 0 Å². The van der Waals surface area contributed by atoms with Crippen LogP contribution in [0.15, 0.2) is 28.3 Å². The lowest BCUT2D eigenvalue weighted by Gasteiger charge is -2.11. The molecule has 1 aromatic heterocycles. The van der Waals surface area contributed by atoms with Crippen LogP contribution in [0.4, 0.5) is 4.39 Å². The Morgan fingerprint density at radius 3 is 2.67 bits per heavy atom. The van der Waals surface area contributed by atoms with E-state index in [-0.39, 0.29) is 5.82 Å². The van der Waals surface area contributed by atoms with Crippen molar-refractivity contribution in [3.8, 4) is 0 Å². The third-order valence-electron chi connectivity index (χ3n) is 2.68. The van der Waals surface area contributed by atoms with Crippen molar-refractivity contribution < 1.29 is 9.50 Å². The normalized spacial score (nSPS) is 12.7. The van der Waals surface area contributed by atoms with Crippen LogP contribution in [0, 0.1) is 12.7 Å². The zero-order valence-corrected chi connectivity index (χ0v) is 11.2. The summed E-state index contributed by atoms with van der Waals surface area (Å²) in [7, 11) is 1.86. The molecule has 2 rings (SSSR count). The van der Waals surface area contributed by atoms with Gasteiger partial charge in [-0.25, -0.2) is 4.39 Å². The SMILES string of the molecule is Cc1nnc(Sc2ccc(F)cc2[C@@H](C)O)n1C. The van der Waals surface area contributed by atoms with E-state index in [4.69, 9.17) is 0 Å². The number of aliphatic hydroxyl groups is 1. The van der Waals surface area contributed by atoms with Crippen LogP contribution in [0.5, 0.6) is 0 Å². The third kappa shape index (κ3) is 2.54. The lowest BCUT2D eigenvalue weighted by atomic mass is 10.1. The summed E-state index contributed by atoms with van der Waals surface area (Å²) in [6.07, 6.45) is -0.725. The fourth-order valence-corrected chi connectivity index (χ4v) is 2.54. The summed E-state index contributed by atoms with van der Waals surface area (Å²) in [5.74, 6) is 0.447. The monoisotopic (exact) mass is 267 g/mol. The van der Waals surface area contributed by atoms with Crippen molar-refractivity contribution in [3.63, 3.8) is 0 Å². The van der Waals surface area contributed by atoms with E-state index in [0.29, 0.717) is 10.7 Å². The molecule has 0 saturated carbocycles. The van der Waals surface area contributed by atoms with Gasteiger partial charge in [0.1, 0.15) is 11.6 Å². The molecule has 1 aromatic carbocycles. The Hall–Kier alpha value is -1.40. The lowest BCUT2D eigenvalue weighted by Crippen LogP contribution is -1.97. The highest BCUT2D eigenvalue weighted by Gasteiger charge is 2.14. The third-order valence-corrected chi connectivity index (χ3v) is 3.81. The molecule has 0 radical (unpaired) electrons. The molecule has 4 nitrogen and oxygen atoms in total. The molecule has 96 valence electrons. The molecule has 0 amide bonds. The number of aryl methyl sites for hydroxylation is 1. The standard InChI is InChI=1S/C12H14FN3OS/c1-7(17)10-6-9(13)4-5-11(10)18-12-15-14-8(2)16(12)3/h4-7,17H,1-3H3/t7-/m1/s1. The van der Waals surface area contributed by atoms with Gasteiger partial charge in [0.15, 0.2) is 5.16 Å². The number of rotatable bonds is 3. The molecule has 0 spiro atoms. The van der Waals surface area contributed by atoms with E-state index in [1.54, 1.807) is 13.0 Å². The Morgan fingerprint density at radius 1 is 1.39 bits per heavy atom. The molecule has 0 aliphatic carbocycles. The molecular formula is C12H14FN3OS. The van der Waals surface area contributed by atoms with Gasteiger partial charge in [-0.2, -0.15) is 0 Å². The molecule has 0 fully saturated rings. The summed E-state index contributed by atoms with van der Waals surface area (Å²) < 4.78 is 15.0. The van der Waals surface area contributed by atoms with E-state index < -0.39 is 6.10 Å². The molecule has 0 unspecified atom stereocenters. The van der Waals surface area contributed by atoms with Crippen LogP contribution in [-0.4, -0.2) is 19.9 Å². The number of nitrogens with zero attached hydrogens (tertiary/aromatic N) is 3. The summed E-state index contributed by atoms with van der Waals surface area (Å²) in [5.41, 5.74) is 0.556. The predicted molar refractivity (Wildman–Crippen MR) is 66.9 cm³/mol. The number of hydrogen-bond donors (Lipinski definition) is 1. The van der Waals surface area contributed by atoms with Crippen LogP contribution in [-0.2, 0) is 7.05 Å². The average molecular weight is 267 g/mol. The maximum absolute atomic E-state index is 13.2. The van der Waals surface area contributed by atoms with Gasteiger partial charge in [-0.15, -0.1) is 10.2 Å². The first-order chi connectivity index (χ1) is 8.49. The molecule has 0 aliphatic heterocycles. The molecular weight excluding hydrogens is 253 g/mol. The second-order valence-corrected chi connectivity index (χ2v) is 5.06. The van der Waals surface area contributed by atoms with Gasteiger partial charge < -0.3 is 9.67 Å². The molecule has 1 heterocycles. The maximum atomic E-state index is 13.2. The smallest absolute Gasteiger partial charge is 0.195 e.